The Morgan fingerprint density at radius 1 is 1.37 bits per heavy atom. The maximum atomic E-state index is 13.5. The quantitative estimate of drug-likeness (QED) is 0.892. The molecule has 1 amide bonds. The molecule has 4 nitrogen and oxygen atoms in total. The highest BCUT2D eigenvalue weighted by Gasteiger charge is 2.22. The van der Waals surface area contributed by atoms with E-state index in [1.54, 1.807) is 6.92 Å². The van der Waals surface area contributed by atoms with E-state index in [0.717, 1.165) is 18.2 Å². The molecule has 19 heavy (non-hydrogen) atoms. The molecule has 1 N–H and O–H groups in total. The zero-order valence-electron chi connectivity index (χ0n) is 10.7. The molecule has 1 rings (SSSR count). The first kappa shape index (κ1) is 15.1. The van der Waals surface area contributed by atoms with Gasteiger partial charge in [0, 0.05) is 13.1 Å². The number of halogens is 2. The molecule has 0 aliphatic heterocycles. The molecule has 0 radical (unpaired) electrons. The number of carboxylic acid groups (broad SMARTS) is 1. The average Bonchev–Trinajstić information content (AvgIpc) is 2.37. The Hall–Kier alpha value is -1.98. The van der Waals surface area contributed by atoms with Crippen molar-refractivity contribution >= 4 is 11.9 Å². The Balaban J connectivity index is 2.95. The molecule has 0 fully saturated rings. The Morgan fingerprint density at radius 2 is 2.00 bits per heavy atom. The van der Waals surface area contributed by atoms with E-state index in [-0.39, 0.29) is 18.7 Å². The molecule has 0 spiro atoms. The monoisotopic (exact) mass is 271 g/mol. The van der Waals surface area contributed by atoms with Crippen molar-refractivity contribution in [2.24, 2.45) is 5.92 Å². The highest BCUT2D eigenvalue weighted by molar-refractivity contribution is 5.94. The number of amides is 1. The summed E-state index contributed by atoms with van der Waals surface area (Å²) in [5.74, 6) is -4.08. The first-order valence-electron chi connectivity index (χ1n) is 5.84. The van der Waals surface area contributed by atoms with Crippen LogP contribution in [0.4, 0.5) is 8.78 Å². The van der Waals surface area contributed by atoms with Crippen molar-refractivity contribution in [3.63, 3.8) is 0 Å². The lowest BCUT2D eigenvalue weighted by molar-refractivity contribution is -0.141. The van der Waals surface area contributed by atoms with Gasteiger partial charge in [-0.05, 0) is 25.1 Å². The lowest BCUT2D eigenvalue weighted by Crippen LogP contribution is -2.37. The number of hydrogen-bond donors (Lipinski definition) is 1. The molecular weight excluding hydrogens is 256 g/mol. The fourth-order valence-electron chi connectivity index (χ4n) is 1.60. The third-order valence-corrected chi connectivity index (χ3v) is 2.74. The average molecular weight is 271 g/mol. The van der Waals surface area contributed by atoms with Crippen LogP contribution < -0.4 is 0 Å². The van der Waals surface area contributed by atoms with E-state index in [1.807, 2.05) is 0 Å². The molecule has 6 heteroatoms. The van der Waals surface area contributed by atoms with Crippen LogP contribution in [0.25, 0.3) is 0 Å². The van der Waals surface area contributed by atoms with Gasteiger partial charge in [0.25, 0.3) is 5.91 Å². The summed E-state index contributed by atoms with van der Waals surface area (Å²) in [4.78, 5) is 24.0. The van der Waals surface area contributed by atoms with Gasteiger partial charge in [-0.3, -0.25) is 9.59 Å². The standard InChI is InChI=1S/C13H15F2NO3/c1-3-16(7-8(2)13(18)19)12(17)10-6-9(14)4-5-11(10)15/h4-6,8H,3,7H2,1-2H3,(H,18,19). The van der Waals surface area contributed by atoms with Crippen LogP contribution in [-0.4, -0.2) is 35.0 Å². The van der Waals surface area contributed by atoms with Gasteiger partial charge in [0.1, 0.15) is 11.6 Å². The molecule has 1 atom stereocenters. The number of carbonyl (C=O) groups excluding carboxylic acids is 1. The van der Waals surface area contributed by atoms with Gasteiger partial charge in [0.15, 0.2) is 0 Å². The minimum atomic E-state index is -1.05. The SMILES string of the molecule is CCN(CC(C)C(=O)O)C(=O)c1cc(F)ccc1F. The lowest BCUT2D eigenvalue weighted by Gasteiger charge is -2.23. The van der Waals surface area contributed by atoms with E-state index < -0.39 is 29.4 Å². The maximum Gasteiger partial charge on any atom is 0.308 e. The Bertz CT molecular complexity index is 491. The van der Waals surface area contributed by atoms with Crippen LogP contribution >= 0.6 is 0 Å². The van der Waals surface area contributed by atoms with E-state index in [4.69, 9.17) is 5.11 Å². The third kappa shape index (κ3) is 3.74. The maximum absolute atomic E-state index is 13.5. The van der Waals surface area contributed by atoms with Gasteiger partial charge < -0.3 is 10.0 Å². The number of nitrogens with zero attached hydrogens (tertiary/aromatic N) is 1. The van der Waals surface area contributed by atoms with Crippen molar-refractivity contribution in [1.82, 2.24) is 4.90 Å². The van der Waals surface area contributed by atoms with Gasteiger partial charge in [-0.25, -0.2) is 8.78 Å². The summed E-state index contributed by atoms with van der Waals surface area (Å²) < 4.78 is 26.5. The Kier molecular flexibility index (Phi) is 4.97. The molecular formula is C13H15F2NO3. The predicted octanol–water partition coefficient (Wildman–Crippen LogP) is 2.15. The summed E-state index contributed by atoms with van der Waals surface area (Å²) in [6.07, 6.45) is 0. The largest absolute Gasteiger partial charge is 0.481 e. The van der Waals surface area contributed by atoms with Crippen molar-refractivity contribution in [2.45, 2.75) is 13.8 Å². The molecule has 104 valence electrons. The number of aliphatic carboxylic acids is 1. The van der Waals surface area contributed by atoms with Crippen molar-refractivity contribution in [3.05, 3.63) is 35.4 Å². The molecule has 1 aromatic rings. The number of carbonyl (C=O) groups is 2. The molecule has 0 saturated heterocycles. The lowest BCUT2D eigenvalue weighted by atomic mass is 10.1. The smallest absolute Gasteiger partial charge is 0.308 e. The topological polar surface area (TPSA) is 57.6 Å². The van der Waals surface area contributed by atoms with Gasteiger partial charge in [-0.15, -0.1) is 0 Å². The van der Waals surface area contributed by atoms with Gasteiger partial charge >= 0.3 is 5.97 Å². The third-order valence-electron chi connectivity index (χ3n) is 2.74. The van der Waals surface area contributed by atoms with Crippen LogP contribution in [0.2, 0.25) is 0 Å². The van der Waals surface area contributed by atoms with Crippen LogP contribution in [0.1, 0.15) is 24.2 Å². The molecule has 0 aromatic heterocycles. The van der Waals surface area contributed by atoms with E-state index in [1.165, 1.54) is 11.8 Å². The number of benzene rings is 1. The predicted molar refractivity (Wildman–Crippen MR) is 64.7 cm³/mol. The number of carboxylic acids is 1. The fourth-order valence-corrected chi connectivity index (χ4v) is 1.60. The van der Waals surface area contributed by atoms with Crippen molar-refractivity contribution in [1.29, 1.82) is 0 Å². The summed E-state index contributed by atoms with van der Waals surface area (Å²) in [6, 6.07) is 2.60. The second-order valence-corrected chi connectivity index (χ2v) is 4.21. The van der Waals surface area contributed by atoms with E-state index in [9.17, 15) is 18.4 Å². The van der Waals surface area contributed by atoms with Crippen LogP contribution in [0.15, 0.2) is 18.2 Å². The van der Waals surface area contributed by atoms with Crippen LogP contribution in [0.5, 0.6) is 0 Å². The Labute approximate surface area is 109 Å². The van der Waals surface area contributed by atoms with Gasteiger partial charge in [0.2, 0.25) is 0 Å². The van der Waals surface area contributed by atoms with Crippen LogP contribution in [0, 0.1) is 17.6 Å². The minimum Gasteiger partial charge on any atom is -0.481 e. The molecule has 0 bridgehead atoms. The number of rotatable bonds is 5. The highest BCUT2D eigenvalue weighted by atomic mass is 19.1. The second-order valence-electron chi connectivity index (χ2n) is 4.21. The summed E-state index contributed by atoms with van der Waals surface area (Å²) in [7, 11) is 0. The molecule has 1 unspecified atom stereocenters. The van der Waals surface area contributed by atoms with E-state index in [2.05, 4.69) is 0 Å². The van der Waals surface area contributed by atoms with E-state index >= 15 is 0 Å². The summed E-state index contributed by atoms with van der Waals surface area (Å²) in [5, 5.41) is 8.81. The second kappa shape index (κ2) is 6.26. The normalized spacial score (nSPS) is 12.0. The summed E-state index contributed by atoms with van der Waals surface area (Å²) >= 11 is 0. The van der Waals surface area contributed by atoms with Gasteiger partial charge in [0.05, 0.1) is 11.5 Å². The minimum absolute atomic E-state index is 0.0549. The number of hydrogen-bond acceptors (Lipinski definition) is 2. The van der Waals surface area contributed by atoms with Crippen molar-refractivity contribution in [3.8, 4) is 0 Å². The van der Waals surface area contributed by atoms with Crippen LogP contribution in [0.3, 0.4) is 0 Å². The van der Waals surface area contributed by atoms with E-state index in [0.29, 0.717) is 0 Å². The zero-order chi connectivity index (χ0) is 14.6. The highest BCUT2D eigenvalue weighted by Crippen LogP contribution is 2.13. The first-order chi connectivity index (χ1) is 8.86. The molecule has 1 aromatic carbocycles. The van der Waals surface area contributed by atoms with Gasteiger partial charge in [-0.1, -0.05) is 6.92 Å². The summed E-state index contributed by atoms with van der Waals surface area (Å²) in [5.41, 5.74) is -0.389. The summed E-state index contributed by atoms with van der Waals surface area (Å²) in [6.45, 7) is 3.25. The Morgan fingerprint density at radius 3 is 2.53 bits per heavy atom. The fraction of sp³-hybridized carbons (Fsp3) is 0.385. The van der Waals surface area contributed by atoms with Crippen molar-refractivity contribution in [2.75, 3.05) is 13.1 Å². The van der Waals surface area contributed by atoms with Gasteiger partial charge in [-0.2, -0.15) is 0 Å². The van der Waals surface area contributed by atoms with Crippen molar-refractivity contribution < 1.29 is 23.5 Å². The first-order valence-corrected chi connectivity index (χ1v) is 5.84. The van der Waals surface area contributed by atoms with Crippen LogP contribution in [-0.2, 0) is 4.79 Å². The molecule has 0 aliphatic rings. The molecule has 0 heterocycles. The molecule has 0 saturated carbocycles. The zero-order valence-corrected chi connectivity index (χ0v) is 10.7. The molecule has 0 aliphatic carbocycles.